The van der Waals surface area contributed by atoms with Gasteiger partial charge in [0, 0.05) is 19.2 Å². The van der Waals surface area contributed by atoms with Crippen LogP contribution in [0, 0.1) is 17.8 Å². The third-order valence-corrected chi connectivity index (χ3v) is 5.20. The number of aryl methyl sites for hydroxylation is 1. The summed E-state index contributed by atoms with van der Waals surface area (Å²) in [6.07, 6.45) is 0.296. The van der Waals surface area contributed by atoms with Crippen molar-refractivity contribution in [2.24, 2.45) is 24.8 Å². The van der Waals surface area contributed by atoms with E-state index >= 15 is 0 Å². The first-order chi connectivity index (χ1) is 10.3. The zero-order chi connectivity index (χ0) is 16.1. The zero-order valence-corrected chi connectivity index (χ0v) is 12.7. The van der Waals surface area contributed by atoms with Crippen molar-refractivity contribution in [3.63, 3.8) is 0 Å². The van der Waals surface area contributed by atoms with Gasteiger partial charge in [-0.05, 0) is 43.9 Å². The molecule has 0 aromatic carbocycles. The summed E-state index contributed by atoms with van der Waals surface area (Å²) < 4.78 is 38.9. The van der Waals surface area contributed by atoms with Crippen LogP contribution in [-0.2, 0) is 13.2 Å². The number of nitrogens with one attached hydrogen (secondary N) is 1. The first-order valence-corrected chi connectivity index (χ1v) is 7.68. The number of aromatic nitrogens is 2. The summed E-state index contributed by atoms with van der Waals surface area (Å²) in [5, 5.41) is 6.24. The average molecular weight is 315 g/mol. The van der Waals surface area contributed by atoms with Crippen molar-refractivity contribution in [1.29, 1.82) is 0 Å². The van der Waals surface area contributed by atoms with Crippen molar-refractivity contribution in [3.8, 4) is 0 Å². The molecule has 1 N–H and O–H groups in total. The van der Waals surface area contributed by atoms with Crippen LogP contribution >= 0.6 is 0 Å². The maximum atomic E-state index is 12.6. The SMILES string of the molecule is C[C@H](NC(=O)c1cc(C(F)(F)F)nn1C)[C@@H]1C[C@H]2CC[C@H]1C2. The number of amides is 1. The molecule has 2 fully saturated rings. The molecule has 2 bridgehead atoms. The standard InChI is InChI=1S/C15H20F3N3O/c1-8(11-6-9-3-4-10(11)5-9)19-14(22)12-7-13(15(16,17)18)20-21(12)2/h7-11H,3-6H2,1-2H3,(H,19,22)/t8-,9-,10-,11-/m0/s1. The molecular formula is C15H20F3N3O. The number of hydrogen-bond acceptors (Lipinski definition) is 2. The lowest BCUT2D eigenvalue weighted by atomic mass is 9.84. The van der Waals surface area contributed by atoms with Gasteiger partial charge in [-0.1, -0.05) is 6.42 Å². The van der Waals surface area contributed by atoms with Crippen LogP contribution in [0.2, 0.25) is 0 Å². The van der Waals surface area contributed by atoms with Gasteiger partial charge in [-0.2, -0.15) is 18.3 Å². The minimum Gasteiger partial charge on any atom is -0.348 e. The van der Waals surface area contributed by atoms with Gasteiger partial charge in [0.2, 0.25) is 0 Å². The van der Waals surface area contributed by atoms with Crippen molar-refractivity contribution in [3.05, 3.63) is 17.5 Å². The fourth-order valence-corrected chi connectivity index (χ4v) is 4.11. The summed E-state index contributed by atoms with van der Waals surface area (Å²) in [6.45, 7) is 1.95. The fraction of sp³-hybridized carbons (Fsp3) is 0.733. The highest BCUT2D eigenvalue weighted by Crippen LogP contribution is 2.49. The van der Waals surface area contributed by atoms with E-state index in [1.54, 1.807) is 0 Å². The first kappa shape index (κ1) is 15.4. The van der Waals surface area contributed by atoms with Gasteiger partial charge in [-0.3, -0.25) is 9.48 Å². The molecule has 0 spiro atoms. The van der Waals surface area contributed by atoms with Crippen LogP contribution < -0.4 is 5.32 Å². The average Bonchev–Trinajstić information content (AvgIpc) is 3.11. The van der Waals surface area contributed by atoms with Crippen LogP contribution in [0.3, 0.4) is 0 Å². The molecule has 2 aliphatic rings. The summed E-state index contributed by atoms with van der Waals surface area (Å²) in [7, 11) is 1.35. The monoisotopic (exact) mass is 315 g/mol. The Morgan fingerprint density at radius 3 is 2.64 bits per heavy atom. The fourth-order valence-electron chi connectivity index (χ4n) is 4.11. The molecule has 1 aromatic heterocycles. The summed E-state index contributed by atoms with van der Waals surface area (Å²) in [5.41, 5.74) is -1.09. The Kier molecular flexibility index (Phi) is 3.69. The van der Waals surface area contributed by atoms with Gasteiger partial charge in [0.15, 0.2) is 5.69 Å². The molecule has 1 aromatic rings. The topological polar surface area (TPSA) is 46.9 Å². The number of fused-ring (bicyclic) bond motifs is 2. The molecule has 2 aliphatic carbocycles. The minimum absolute atomic E-state index is 0.0213. The predicted octanol–water partition coefficient (Wildman–Crippen LogP) is 2.99. The third kappa shape index (κ3) is 2.73. The lowest BCUT2D eigenvalue weighted by Crippen LogP contribution is -2.40. The molecule has 7 heteroatoms. The van der Waals surface area contributed by atoms with Crippen LogP contribution in [0.4, 0.5) is 13.2 Å². The number of alkyl halides is 3. The van der Waals surface area contributed by atoms with E-state index in [9.17, 15) is 18.0 Å². The van der Waals surface area contributed by atoms with E-state index in [0.717, 1.165) is 23.1 Å². The van der Waals surface area contributed by atoms with Crippen LogP contribution in [0.15, 0.2) is 6.07 Å². The molecule has 0 aliphatic heterocycles. The zero-order valence-electron chi connectivity index (χ0n) is 12.7. The van der Waals surface area contributed by atoms with E-state index in [2.05, 4.69) is 10.4 Å². The Morgan fingerprint density at radius 1 is 1.41 bits per heavy atom. The van der Waals surface area contributed by atoms with E-state index < -0.39 is 17.8 Å². The summed E-state index contributed by atoms with van der Waals surface area (Å²) in [4.78, 5) is 12.2. The Labute approximate surface area is 127 Å². The maximum Gasteiger partial charge on any atom is 0.435 e. The van der Waals surface area contributed by atoms with Gasteiger partial charge in [0.05, 0.1) is 0 Å². The second kappa shape index (κ2) is 5.28. The van der Waals surface area contributed by atoms with E-state index in [1.165, 1.54) is 26.3 Å². The van der Waals surface area contributed by atoms with Gasteiger partial charge in [-0.15, -0.1) is 0 Å². The molecule has 4 atom stereocenters. The molecule has 2 saturated carbocycles. The Hall–Kier alpha value is -1.53. The Balaban J connectivity index is 1.68. The molecule has 4 nitrogen and oxygen atoms in total. The number of rotatable bonds is 3. The van der Waals surface area contributed by atoms with Crippen LogP contribution in [0.1, 0.15) is 48.8 Å². The molecule has 0 unspecified atom stereocenters. The van der Waals surface area contributed by atoms with Crippen molar-refractivity contribution < 1.29 is 18.0 Å². The smallest absolute Gasteiger partial charge is 0.348 e. The van der Waals surface area contributed by atoms with E-state index in [4.69, 9.17) is 0 Å². The van der Waals surface area contributed by atoms with Crippen molar-refractivity contribution in [1.82, 2.24) is 15.1 Å². The molecule has 3 rings (SSSR count). The molecule has 22 heavy (non-hydrogen) atoms. The number of nitrogens with zero attached hydrogens (tertiary/aromatic N) is 2. The Bertz CT molecular complexity index is 581. The summed E-state index contributed by atoms with van der Waals surface area (Å²) >= 11 is 0. The van der Waals surface area contributed by atoms with Crippen LogP contribution in [0.5, 0.6) is 0 Å². The number of carbonyl (C=O) groups excluding carboxylic acids is 1. The highest BCUT2D eigenvalue weighted by atomic mass is 19.4. The number of halogens is 3. The predicted molar refractivity (Wildman–Crippen MR) is 74.1 cm³/mol. The van der Waals surface area contributed by atoms with Gasteiger partial charge in [-0.25, -0.2) is 0 Å². The largest absolute Gasteiger partial charge is 0.435 e. The van der Waals surface area contributed by atoms with Crippen molar-refractivity contribution in [2.75, 3.05) is 0 Å². The number of hydrogen-bond donors (Lipinski definition) is 1. The first-order valence-electron chi connectivity index (χ1n) is 7.68. The quantitative estimate of drug-likeness (QED) is 0.932. The molecule has 1 amide bonds. The van der Waals surface area contributed by atoms with Crippen LogP contribution in [0.25, 0.3) is 0 Å². The molecular weight excluding hydrogens is 295 g/mol. The lowest BCUT2D eigenvalue weighted by Gasteiger charge is -2.28. The van der Waals surface area contributed by atoms with Gasteiger partial charge < -0.3 is 5.32 Å². The van der Waals surface area contributed by atoms with Crippen molar-refractivity contribution in [2.45, 2.75) is 44.8 Å². The molecule has 0 saturated heterocycles. The molecule has 1 heterocycles. The second-order valence-electron chi connectivity index (χ2n) is 6.64. The highest BCUT2D eigenvalue weighted by Gasteiger charge is 2.42. The minimum atomic E-state index is -4.54. The lowest BCUT2D eigenvalue weighted by molar-refractivity contribution is -0.141. The summed E-state index contributed by atoms with van der Waals surface area (Å²) in [5.74, 6) is 1.37. The molecule has 0 radical (unpaired) electrons. The van der Waals surface area contributed by atoms with Gasteiger partial charge >= 0.3 is 6.18 Å². The second-order valence-corrected chi connectivity index (χ2v) is 6.64. The maximum absolute atomic E-state index is 12.6. The highest BCUT2D eigenvalue weighted by molar-refractivity contribution is 5.92. The normalized spacial score (nSPS) is 28.9. The number of carbonyl (C=O) groups is 1. The summed E-state index contributed by atoms with van der Waals surface area (Å²) in [6, 6.07) is 0.787. The molecule has 122 valence electrons. The van der Waals surface area contributed by atoms with E-state index in [-0.39, 0.29) is 11.7 Å². The van der Waals surface area contributed by atoms with E-state index in [0.29, 0.717) is 11.8 Å². The van der Waals surface area contributed by atoms with Gasteiger partial charge in [0.25, 0.3) is 5.91 Å². The van der Waals surface area contributed by atoms with Gasteiger partial charge in [0.1, 0.15) is 5.69 Å². The van der Waals surface area contributed by atoms with E-state index in [1.807, 2.05) is 6.92 Å². The third-order valence-electron chi connectivity index (χ3n) is 5.20. The Morgan fingerprint density at radius 2 is 2.14 bits per heavy atom. The van der Waals surface area contributed by atoms with Crippen LogP contribution in [-0.4, -0.2) is 21.7 Å². The van der Waals surface area contributed by atoms with Crippen molar-refractivity contribution >= 4 is 5.91 Å².